The number of hydrogen-bond donors (Lipinski definition) is 1. The highest BCUT2D eigenvalue weighted by atomic mass is 19.4. The molecule has 0 aliphatic heterocycles. The van der Waals surface area contributed by atoms with Gasteiger partial charge in [-0.1, -0.05) is 24.3 Å². The third kappa shape index (κ3) is 4.77. The fourth-order valence-corrected chi connectivity index (χ4v) is 2.95. The molecule has 0 aliphatic carbocycles. The Kier molecular flexibility index (Phi) is 5.91. The molecule has 1 heterocycles. The van der Waals surface area contributed by atoms with Crippen LogP contribution in [0.1, 0.15) is 21.6 Å². The number of anilines is 1. The number of carbonyl (C=O) groups excluding carboxylic acids is 1. The highest BCUT2D eigenvalue weighted by molar-refractivity contribution is 5.95. The van der Waals surface area contributed by atoms with E-state index >= 15 is 0 Å². The summed E-state index contributed by atoms with van der Waals surface area (Å²) in [4.78, 5) is 14.5. The molecule has 0 unspecified atom stereocenters. The number of likely N-dealkylation sites (N-methyl/N-ethyl adjacent to an activating group) is 1. The molecule has 152 valence electrons. The number of aromatic nitrogens is 2. The van der Waals surface area contributed by atoms with Gasteiger partial charge in [-0.25, -0.2) is 4.68 Å². The monoisotopic (exact) mass is 402 g/mol. The van der Waals surface area contributed by atoms with E-state index in [1.807, 2.05) is 42.3 Å². The smallest absolute Gasteiger partial charge is 0.373 e. The van der Waals surface area contributed by atoms with Crippen LogP contribution in [0.25, 0.3) is 5.69 Å². The van der Waals surface area contributed by atoms with Gasteiger partial charge in [-0.3, -0.25) is 4.79 Å². The number of benzene rings is 2. The maximum atomic E-state index is 12.9. The first-order valence-electron chi connectivity index (χ1n) is 9.04. The number of alkyl halides is 3. The number of rotatable bonds is 6. The van der Waals surface area contributed by atoms with Crippen LogP contribution >= 0.6 is 0 Å². The van der Waals surface area contributed by atoms with Crippen LogP contribution in [-0.2, 0) is 6.18 Å². The molecule has 0 spiro atoms. The second-order valence-corrected chi connectivity index (χ2v) is 6.62. The first kappa shape index (κ1) is 20.4. The van der Waals surface area contributed by atoms with Crippen LogP contribution in [0.2, 0.25) is 0 Å². The summed E-state index contributed by atoms with van der Waals surface area (Å²) >= 11 is 0. The minimum absolute atomic E-state index is 0.250. The maximum absolute atomic E-state index is 12.9. The average molecular weight is 402 g/mol. The normalized spacial score (nSPS) is 11.3. The zero-order valence-electron chi connectivity index (χ0n) is 16.1. The molecular weight excluding hydrogens is 381 g/mol. The van der Waals surface area contributed by atoms with Gasteiger partial charge in [-0.2, -0.15) is 18.3 Å². The largest absolute Gasteiger partial charge is 0.416 e. The van der Waals surface area contributed by atoms with E-state index < -0.39 is 11.7 Å². The second-order valence-electron chi connectivity index (χ2n) is 6.62. The van der Waals surface area contributed by atoms with Crippen molar-refractivity contribution in [2.24, 2.45) is 0 Å². The predicted octanol–water partition coefficient (Wildman–Crippen LogP) is 4.07. The van der Waals surface area contributed by atoms with Gasteiger partial charge in [-0.05, 0) is 37.3 Å². The van der Waals surface area contributed by atoms with Gasteiger partial charge in [0.1, 0.15) is 0 Å². The molecule has 5 nitrogen and oxygen atoms in total. The molecule has 8 heteroatoms. The SMILES string of the molecule is Cc1c(C(=O)NCCN(C)c2ccccc2)cnn1-c1cccc(C(F)(F)F)c1. The Labute approximate surface area is 166 Å². The highest BCUT2D eigenvalue weighted by Gasteiger charge is 2.30. The summed E-state index contributed by atoms with van der Waals surface area (Å²) in [6.07, 6.45) is -3.08. The van der Waals surface area contributed by atoms with E-state index in [4.69, 9.17) is 0 Å². The number of halogens is 3. The van der Waals surface area contributed by atoms with E-state index in [0.29, 0.717) is 24.3 Å². The van der Waals surface area contributed by atoms with Crippen molar-refractivity contribution in [3.05, 3.63) is 77.6 Å². The van der Waals surface area contributed by atoms with Gasteiger partial charge < -0.3 is 10.2 Å². The Morgan fingerprint density at radius 2 is 1.86 bits per heavy atom. The Balaban J connectivity index is 1.67. The van der Waals surface area contributed by atoms with E-state index in [-0.39, 0.29) is 11.6 Å². The van der Waals surface area contributed by atoms with Gasteiger partial charge in [0.05, 0.1) is 28.7 Å². The van der Waals surface area contributed by atoms with Crippen LogP contribution in [0.3, 0.4) is 0 Å². The number of hydrogen-bond acceptors (Lipinski definition) is 3. The van der Waals surface area contributed by atoms with Gasteiger partial charge in [0.2, 0.25) is 0 Å². The molecule has 3 rings (SSSR count). The summed E-state index contributed by atoms with van der Waals surface area (Å²) in [5.74, 6) is -0.317. The summed E-state index contributed by atoms with van der Waals surface area (Å²) in [7, 11) is 1.93. The van der Waals surface area contributed by atoms with Crippen LogP contribution in [0.4, 0.5) is 18.9 Å². The minimum Gasteiger partial charge on any atom is -0.373 e. The Morgan fingerprint density at radius 1 is 1.14 bits per heavy atom. The van der Waals surface area contributed by atoms with Crippen molar-refractivity contribution in [3.63, 3.8) is 0 Å². The van der Waals surface area contributed by atoms with Crippen molar-refractivity contribution in [2.75, 3.05) is 25.0 Å². The van der Waals surface area contributed by atoms with Crippen LogP contribution in [0.5, 0.6) is 0 Å². The lowest BCUT2D eigenvalue weighted by Gasteiger charge is -2.19. The predicted molar refractivity (Wildman–Crippen MR) is 105 cm³/mol. The Morgan fingerprint density at radius 3 is 2.55 bits per heavy atom. The molecule has 3 aromatic rings. The van der Waals surface area contributed by atoms with Crippen molar-refractivity contribution >= 4 is 11.6 Å². The van der Waals surface area contributed by atoms with Crippen molar-refractivity contribution in [1.29, 1.82) is 0 Å². The number of para-hydroxylation sites is 1. The molecule has 0 atom stereocenters. The van der Waals surface area contributed by atoms with Gasteiger partial charge >= 0.3 is 6.18 Å². The molecule has 0 bridgehead atoms. The second kappa shape index (κ2) is 8.38. The van der Waals surface area contributed by atoms with E-state index in [2.05, 4.69) is 10.4 Å². The maximum Gasteiger partial charge on any atom is 0.416 e. The topological polar surface area (TPSA) is 50.2 Å². The Hall–Kier alpha value is -3.29. The molecule has 0 fully saturated rings. The third-order valence-corrected chi connectivity index (χ3v) is 4.60. The third-order valence-electron chi connectivity index (χ3n) is 4.60. The fraction of sp³-hybridized carbons (Fsp3) is 0.238. The van der Waals surface area contributed by atoms with Crippen LogP contribution in [0.15, 0.2) is 60.8 Å². The molecule has 1 aromatic heterocycles. The van der Waals surface area contributed by atoms with E-state index in [0.717, 1.165) is 17.8 Å². The van der Waals surface area contributed by atoms with Crippen LogP contribution < -0.4 is 10.2 Å². The highest BCUT2D eigenvalue weighted by Crippen LogP contribution is 2.30. The number of nitrogens with zero attached hydrogens (tertiary/aromatic N) is 3. The molecular formula is C21H21F3N4O. The first-order valence-corrected chi connectivity index (χ1v) is 9.04. The van der Waals surface area contributed by atoms with Gasteiger partial charge in [0.15, 0.2) is 0 Å². The van der Waals surface area contributed by atoms with Crippen molar-refractivity contribution in [3.8, 4) is 5.69 Å². The van der Waals surface area contributed by atoms with Crippen molar-refractivity contribution < 1.29 is 18.0 Å². The van der Waals surface area contributed by atoms with Crippen LogP contribution in [-0.4, -0.2) is 35.8 Å². The lowest BCUT2D eigenvalue weighted by Crippen LogP contribution is -2.33. The number of nitrogens with one attached hydrogen (secondary N) is 1. The van der Waals surface area contributed by atoms with Crippen LogP contribution in [0, 0.1) is 6.92 Å². The Bertz CT molecular complexity index is 983. The molecule has 2 aromatic carbocycles. The molecule has 0 aliphatic rings. The summed E-state index contributed by atoms with van der Waals surface area (Å²) in [5.41, 5.74) is 1.32. The van der Waals surface area contributed by atoms with Crippen molar-refractivity contribution in [2.45, 2.75) is 13.1 Å². The lowest BCUT2D eigenvalue weighted by molar-refractivity contribution is -0.137. The molecule has 1 amide bonds. The van der Waals surface area contributed by atoms with E-state index in [1.165, 1.54) is 23.0 Å². The molecule has 29 heavy (non-hydrogen) atoms. The summed E-state index contributed by atoms with van der Waals surface area (Å²) in [6, 6.07) is 14.6. The number of carbonyl (C=O) groups is 1. The lowest BCUT2D eigenvalue weighted by atomic mass is 10.2. The average Bonchev–Trinajstić information content (AvgIpc) is 3.09. The number of amides is 1. The minimum atomic E-state index is -4.44. The molecule has 0 saturated carbocycles. The zero-order valence-corrected chi connectivity index (χ0v) is 16.1. The van der Waals surface area contributed by atoms with E-state index in [1.54, 1.807) is 6.92 Å². The van der Waals surface area contributed by atoms with Gasteiger partial charge in [0.25, 0.3) is 5.91 Å². The fourth-order valence-electron chi connectivity index (χ4n) is 2.95. The summed E-state index contributed by atoms with van der Waals surface area (Å²) < 4.78 is 40.2. The van der Waals surface area contributed by atoms with E-state index in [9.17, 15) is 18.0 Å². The van der Waals surface area contributed by atoms with Gasteiger partial charge in [0, 0.05) is 25.8 Å². The quantitative estimate of drug-likeness (QED) is 0.676. The first-order chi connectivity index (χ1) is 13.8. The molecule has 1 N–H and O–H groups in total. The molecule has 0 radical (unpaired) electrons. The summed E-state index contributed by atoms with van der Waals surface area (Å²) in [6.45, 7) is 2.67. The standard InChI is InChI=1S/C21H21F3N4O/c1-15-19(20(29)25-11-12-27(2)17-8-4-3-5-9-17)14-26-28(15)18-10-6-7-16(13-18)21(22,23)24/h3-10,13-14H,11-12H2,1-2H3,(H,25,29). The molecule has 0 saturated heterocycles. The van der Waals surface area contributed by atoms with Gasteiger partial charge in [-0.15, -0.1) is 0 Å². The zero-order chi connectivity index (χ0) is 21.0. The van der Waals surface area contributed by atoms with Crippen molar-refractivity contribution in [1.82, 2.24) is 15.1 Å². The summed E-state index contributed by atoms with van der Waals surface area (Å²) in [5, 5.41) is 6.93.